The minimum absolute atomic E-state index is 0.0459. The van der Waals surface area contributed by atoms with Gasteiger partial charge in [0.2, 0.25) is 0 Å². The molecule has 8 heteroatoms. The minimum atomic E-state index is -0.747. The second kappa shape index (κ2) is 10.5. The van der Waals surface area contributed by atoms with Crippen molar-refractivity contribution in [2.75, 3.05) is 34.0 Å². The molecule has 0 spiro atoms. The second-order valence-electron chi connectivity index (χ2n) is 9.20. The van der Waals surface area contributed by atoms with E-state index in [0.717, 1.165) is 16.7 Å². The molecule has 196 valence electrons. The number of hydrogen-bond acceptors (Lipinski definition) is 7. The Morgan fingerprint density at radius 2 is 1.71 bits per heavy atom. The van der Waals surface area contributed by atoms with Gasteiger partial charge in [-0.2, -0.15) is 0 Å². The summed E-state index contributed by atoms with van der Waals surface area (Å²) in [7, 11) is 3.14. The van der Waals surface area contributed by atoms with Crippen molar-refractivity contribution < 1.29 is 33.6 Å². The van der Waals surface area contributed by atoms with E-state index in [-0.39, 0.29) is 17.9 Å². The molecule has 8 nitrogen and oxygen atoms in total. The Kier molecular flexibility index (Phi) is 6.96. The molecule has 2 aliphatic heterocycles. The maximum atomic E-state index is 13.4. The zero-order valence-corrected chi connectivity index (χ0v) is 21.5. The summed E-state index contributed by atoms with van der Waals surface area (Å²) >= 11 is 0. The van der Waals surface area contributed by atoms with Crippen LogP contribution in [0.2, 0.25) is 0 Å². The summed E-state index contributed by atoms with van der Waals surface area (Å²) in [5.41, 5.74) is 3.07. The van der Waals surface area contributed by atoms with Gasteiger partial charge in [0.05, 0.1) is 25.8 Å². The van der Waals surface area contributed by atoms with Gasteiger partial charge in [-0.15, -0.1) is 0 Å². The monoisotopic (exact) mass is 515 g/mol. The second-order valence-corrected chi connectivity index (χ2v) is 9.20. The summed E-state index contributed by atoms with van der Waals surface area (Å²) in [4.78, 5) is 28.2. The summed E-state index contributed by atoms with van der Waals surface area (Å²) in [5, 5.41) is 11.4. The lowest BCUT2D eigenvalue weighted by atomic mass is 9.94. The lowest BCUT2D eigenvalue weighted by Gasteiger charge is -2.26. The number of carbonyl (C=O) groups excluding carboxylic acids is 2. The van der Waals surface area contributed by atoms with Crippen molar-refractivity contribution in [2.45, 2.75) is 19.4 Å². The molecule has 0 radical (unpaired) electrons. The van der Waals surface area contributed by atoms with E-state index < -0.39 is 17.7 Å². The van der Waals surface area contributed by atoms with Crippen molar-refractivity contribution in [3.63, 3.8) is 0 Å². The van der Waals surface area contributed by atoms with Gasteiger partial charge in [-0.1, -0.05) is 35.9 Å². The molecule has 1 amide bonds. The van der Waals surface area contributed by atoms with Crippen LogP contribution in [0.5, 0.6) is 23.0 Å². The first-order chi connectivity index (χ1) is 18.4. The average Bonchev–Trinajstić information content (AvgIpc) is 3.20. The lowest BCUT2D eigenvalue weighted by molar-refractivity contribution is -0.139. The molecule has 5 rings (SSSR count). The van der Waals surface area contributed by atoms with Gasteiger partial charge in [0, 0.05) is 12.1 Å². The Balaban J connectivity index is 1.54. The molecule has 2 aliphatic rings. The van der Waals surface area contributed by atoms with Crippen LogP contribution in [0.3, 0.4) is 0 Å². The van der Waals surface area contributed by atoms with E-state index in [1.807, 2.05) is 49.4 Å². The number of carbonyl (C=O) groups is 2. The third-order valence-corrected chi connectivity index (χ3v) is 6.80. The number of likely N-dealkylation sites (tertiary alicyclic amines) is 1. The average molecular weight is 516 g/mol. The highest BCUT2D eigenvalue weighted by Crippen LogP contribution is 2.41. The van der Waals surface area contributed by atoms with Crippen LogP contribution in [0.1, 0.15) is 28.3 Å². The van der Waals surface area contributed by atoms with Gasteiger partial charge >= 0.3 is 0 Å². The number of nitrogens with zero attached hydrogens (tertiary/aromatic N) is 1. The third-order valence-electron chi connectivity index (χ3n) is 6.80. The van der Waals surface area contributed by atoms with E-state index in [4.69, 9.17) is 18.9 Å². The first-order valence-corrected chi connectivity index (χ1v) is 12.4. The summed E-state index contributed by atoms with van der Waals surface area (Å²) in [5.74, 6) is 0.609. The zero-order valence-electron chi connectivity index (χ0n) is 21.5. The Bertz CT molecular complexity index is 1430. The minimum Gasteiger partial charge on any atom is -0.507 e. The molecule has 0 bridgehead atoms. The Labute approximate surface area is 221 Å². The zero-order chi connectivity index (χ0) is 26.8. The van der Waals surface area contributed by atoms with Crippen LogP contribution in [0, 0.1) is 6.92 Å². The summed E-state index contributed by atoms with van der Waals surface area (Å²) < 4.78 is 22.0. The van der Waals surface area contributed by atoms with Crippen LogP contribution in [0.4, 0.5) is 0 Å². The maximum Gasteiger partial charge on any atom is 0.295 e. The van der Waals surface area contributed by atoms with Gasteiger partial charge < -0.3 is 29.0 Å². The topological polar surface area (TPSA) is 94.5 Å². The fraction of sp³-hybridized carbons (Fsp3) is 0.267. The molecule has 1 N–H and O–H groups in total. The van der Waals surface area contributed by atoms with E-state index in [2.05, 4.69) is 0 Å². The van der Waals surface area contributed by atoms with E-state index in [1.54, 1.807) is 32.4 Å². The number of benzene rings is 3. The molecule has 1 atom stereocenters. The summed E-state index contributed by atoms with van der Waals surface area (Å²) in [6.45, 7) is 3.04. The summed E-state index contributed by atoms with van der Waals surface area (Å²) in [6.07, 6.45) is 0.472. The lowest BCUT2D eigenvalue weighted by Crippen LogP contribution is -2.31. The Morgan fingerprint density at radius 1 is 0.947 bits per heavy atom. The van der Waals surface area contributed by atoms with E-state index in [9.17, 15) is 14.7 Å². The van der Waals surface area contributed by atoms with Crippen molar-refractivity contribution in [3.8, 4) is 23.0 Å². The van der Waals surface area contributed by atoms with Crippen LogP contribution < -0.4 is 18.9 Å². The van der Waals surface area contributed by atoms with Crippen molar-refractivity contribution in [3.05, 3.63) is 88.5 Å². The SMILES string of the molecule is COc1ccc(CCN2C(=O)C(=O)/C(=C(\O)c3ccc4c(c3)OCCO4)C2c2cccc(C)c2)cc1OC. The van der Waals surface area contributed by atoms with Crippen molar-refractivity contribution in [1.29, 1.82) is 0 Å². The van der Waals surface area contributed by atoms with Crippen molar-refractivity contribution in [1.82, 2.24) is 4.90 Å². The first-order valence-electron chi connectivity index (χ1n) is 12.4. The van der Waals surface area contributed by atoms with Crippen molar-refractivity contribution in [2.24, 2.45) is 0 Å². The third kappa shape index (κ3) is 4.65. The number of rotatable bonds is 7. The number of fused-ring (bicyclic) bond motifs is 1. The molecule has 0 aromatic heterocycles. The van der Waals surface area contributed by atoms with Gasteiger partial charge in [0.1, 0.15) is 19.0 Å². The molecule has 3 aromatic carbocycles. The number of Topliss-reactive ketones (excluding diaryl/α,β-unsaturated/α-hetero) is 1. The number of hydrogen-bond donors (Lipinski definition) is 1. The van der Waals surface area contributed by atoms with Crippen LogP contribution >= 0.6 is 0 Å². The predicted molar refractivity (Wildman–Crippen MR) is 141 cm³/mol. The van der Waals surface area contributed by atoms with Crippen LogP contribution in [0.25, 0.3) is 5.76 Å². The number of aryl methyl sites for hydroxylation is 1. The number of aliphatic hydroxyl groups excluding tert-OH is 1. The predicted octanol–water partition coefficient (Wildman–Crippen LogP) is 4.45. The maximum absolute atomic E-state index is 13.4. The molecule has 1 fully saturated rings. The van der Waals surface area contributed by atoms with Gasteiger partial charge in [-0.25, -0.2) is 0 Å². The Hall–Kier alpha value is -4.46. The number of methoxy groups -OCH3 is 2. The van der Waals surface area contributed by atoms with Gasteiger partial charge in [0.15, 0.2) is 23.0 Å². The van der Waals surface area contributed by atoms with E-state index in [1.165, 1.54) is 4.90 Å². The molecular weight excluding hydrogens is 486 g/mol. The molecule has 0 aliphatic carbocycles. The van der Waals surface area contributed by atoms with Gasteiger partial charge in [-0.3, -0.25) is 9.59 Å². The molecule has 3 aromatic rings. The fourth-order valence-electron chi connectivity index (χ4n) is 4.93. The number of amides is 1. The molecule has 38 heavy (non-hydrogen) atoms. The Morgan fingerprint density at radius 3 is 2.45 bits per heavy atom. The van der Waals surface area contributed by atoms with Gasteiger partial charge in [-0.05, 0) is 54.8 Å². The highest BCUT2D eigenvalue weighted by atomic mass is 16.6. The largest absolute Gasteiger partial charge is 0.507 e. The smallest absolute Gasteiger partial charge is 0.295 e. The van der Waals surface area contributed by atoms with Gasteiger partial charge in [0.25, 0.3) is 11.7 Å². The van der Waals surface area contributed by atoms with Crippen LogP contribution in [-0.2, 0) is 16.0 Å². The number of ether oxygens (including phenoxy) is 4. The molecule has 1 saturated heterocycles. The highest BCUT2D eigenvalue weighted by Gasteiger charge is 2.46. The molecule has 0 saturated carbocycles. The van der Waals surface area contributed by atoms with Crippen LogP contribution in [0.15, 0.2) is 66.2 Å². The molecule has 1 unspecified atom stereocenters. The van der Waals surface area contributed by atoms with Crippen LogP contribution in [-0.4, -0.2) is 55.7 Å². The molecular formula is C30H29NO7. The standard InChI is InChI=1S/C30H29NO7/c1-18-5-4-6-20(15-18)27-26(28(32)21-8-10-23-25(17-21)38-14-13-37-23)29(33)30(34)31(27)12-11-19-7-9-22(35-2)24(16-19)36-3/h4-10,15-17,27,32H,11-14H2,1-3H3/b28-26-. The number of aliphatic hydroxyl groups is 1. The summed E-state index contributed by atoms with van der Waals surface area (Å²) in [6, 6.07) is 17.4. The number of ketones is 1. The fourth-order valence-corrected chi connectivity index (χ4v) is 4.93. The van der Waals surface area contributed by atoms with E-state index in [0.29, 0.717) is 48.2 Å². The first kappa shape index (κ1) is 25.2. The highest BCUT2D eigenvalue weighted by molar-refractivity contribution is 6.46. The quantitative estimate of drug-likeness (QED) is 0.282. The normalized spacial score (nSPS) is 18.0. The van der Waals surface area contributed by atoms with E-state index >= 15 is 0 Å². The van der Waals surface area contributed by atoms with Crippen molar-refractivity contribution >= 4 is 17.4 Å². The molecule has 2 heterocycles.